The van der Waals surface area contributed by atoms with Crippen molar-refractivity contribution >= 4 is 5.91 Å². The number of carbonyl (C=O) groups is 1. The predicted molar refractivity (Wildman–Crippen MR) is 34.0 cm³/mol. The van der Waals surface area contributed by atoms with Gasteiger partial charge in [0.1, 0.15) is 0 Å². The van der Waals surface area contributed by atoms with Gasteiger partial charge >= 0.3 is 0 Å². The molecule has 0 saturated heterocycles. The average molecular weight is 129 g/mol. The van der Waals surface area contributed by atoms with E-state index < -0.39 is 0 Å². The van der Waals surface area contributed by atoms with Crippen molar-refractivity contribution < 1.29 is 10.0 Å². The average Bonchev–Trinajstić information content (AvgIpc) is 1.87. The summed E-state index contributed by atoms with van der Waals surface area (Å²) in [5, 5.41) is 9.38. The van der Waals surface area contributed by atoms with E-state index in [0.717, 1.165) is 0 Å². The van der Waals surface area contributed by atoms with E-state index in [1.807, 2.05) is 0 Å². The van der Waals surface area contributed by atoms with Gasteiger partial charge in [-0.05, 0) is 0 Å². The van der Waals surface area contributed by atoms with Crippen molar-refractivity contribution in [3.8, 4) is 0 Å². The first kappa shape index (κ1) is 8.17. The van der Waals surface area contributed by atoms with Crippen LogP contribution in [-0.4, -0.2) is 22.7 Å². The van der Waals surface area contributed by atoms with Gasteiger partial charge in [0.15, 0.2) is 0 Å². The second-order valence-corrected chi connectivity index (χ2v) is 1.62. The molecule has 0 aliphatic carbocycles. The van der Waals surface area contributed by atoms with E-state index in [9.17, 15) is 4.79 Å². The topological polar surface area (TPSA) is 40.5 Å². The number of rotatable bonds is 3. The van der Waals surface area contributed by atoms with E-state index in [1.165, 1.54) is 6.08 Å². The van der Waals surface area contributed by atoms with Crippen LogP contribution in [0.15, 0.2) is 12.7 Å². The Morgan fingerprint density at radius 1 is 1.89 bits per heavy atom. The van der Waals surface area contributed by atoms with Gasteiger partial charge in [-0.3, -0.25) is 10.0 Å². The van der Waals surface area contributed by atoms with Gasteiger partial charge in [-0.25, -0.2) is 5.06 Å². The molecule has 0 bridgehead atoms. The molecule has 1 N–H and O–H groups in total. The molecule has 0 spiro atoms. The molecule has 9 heavy (non-hydrogen) atoms. The minimum atomic E-state index is -0.282. The lowest BCUT2D eigenvalue weighted by Crippen LogP contribution is -2.26. The van der Waals surface area contributed by atoms with Crippen LogP contribution in [0, 0.1) is 0 Å². The van der Waals surface area contributed by atoms with Crippen LogP contribution < -0.4 is 0 Å². The third-order valence-corrected chi connectivity index (χ3v) is 0.892. The number of hydroxylamine groups is 2. The van der Waals surface area contributed by atoms with Gasteiger partial charge in [0, 0.05) is 6.42 Å². The fraction of sp³-hybridized carbons (Fsp3) is 0.500. The van der Waals surface area contributed by atoms with E-state index in [2.05, 4.69) is 6.58 Å². The molecule has 0 saturated carbocycles. The fourth-order valence-electron chi connectivity index (χ4n) is 0.407. The van der Waals surface area contributed by atoms with Crippen molar-refractivity contribution in [2.45, 2.75) is 13.3 Å². The normalized spacial score (nSPS) is 8.67. The lowest BCUT2D eigenvalue weighted by Gasteiger charge is -2.09. The van der Waals surface area contributed by atoms with E-state index in [4.69, 9.17) is 5.21 Å². The summed E-state index contributed by atoms with van der Waals surface area (Å²) >= 11 is 0. The number of hydrogen-bond donors (Lipinski definition) is 1. The zero-order chi connectivity index (χ0) is 7.28. The summed E-state index contributed by atoms with van der Waals surface area (Å²) in [6.07, 6.45) is 1.79. The Kier molecular flexibility index (Phi) is 3.71. The maximum Gasteiger partial charge on any atom is 0.245 e. The first-order chi connectivity index (χ1) is 4.22. The van der Waals surface area contributed by atoms with Gasteiger partial charge in [-0.15, -0.1) is 6.58 Å². The number of nitrogens with zero attached hydrogens (tertiary/aromatic N) is 1. The SMILES string of the molecule is C=CCN(O)C(=O)CC. The highest BCUT2D eigenvalue weighted by Crippen LogP contribution is 1.87. The Morgan fingerprint density at radius 3 is 2.78 bits per heavy atom. The molecule has 0 rings (SSSR count). The number of hydrogen-bond acceptors (Lipinski definition) is 2. The summed E-state index contributed by atoms with van der Waals surface area (Å²) in [4.78, 5) is 10.5. The van der Waals surface area contributed by atoms with Crippen LogP contribution in [0.3, 0.4) is 0 Å². The molecule has 0 aromatic carbocycles. The zero-order valence-corrected chi connectivity index (χ0v) is 5.50. The predicted octanol–water partition coefficient (Wildman–Crippen LogP) is 0.800. The Bertz CT molecular complexity index is 112. The third kappa shape index (κ3) is 2.87. The highest BCUT2D eigenvalue weighted by Gasteiger charge is 2.03. The summed E-state index contributed by atoms with van der Waals surface area (Å²) in [6.45, 7) is 5.25. The minimum Gasteiger partial charge on any atom is -0.286 e. The number of amides is 1. The molecule has 0 aromatic rings. The van der Waals surface area contributed by atoms with Gasteiger partial charge in [0.2, 0.25) is 5.91 Å². The van der Waals surface area contributed by atoms with Crippen LogP contribution in [0.25, 0.3) is 0 Å². The molecule has 0 aromatic heterocycles. The molecule has 3 nitrogen and oxygen atoms in total. The van der Waals surface area contributed by atoms with Gasteiger partial charge in [-0.1, -0.05) is 13.0 Å². The Morgan fingerprint density at radius 2 is 2.44 bits per heavy atom. The van der Waals surface area contributed by atoms with Crippen LogP contribution in [0.1, 0.15) is 13.3 Å². The van der Waals surface area contributed by atoms with Crippen molar-refractivity contribution in [3.63, 3.8) is 0 Å². The van der Waals surface area contributed by atoms with E-state index in [0.29, 0.717) is 11.5 Å². The largest absolute Gasteiger partial charge is 0.286 e. The highest BCUT2D eigenvalue weighted by molar-refractivity contribution is 5.74. The number of carbonyl (C=O) groups excluding carboxylic acids is 1. The summed E-state index contributed by atoms with van der Waals surface area (Å²) in [6, 6.07) is 0. The Labute approximate surface area is 54.5 Å². The van der Waals surface area contributed by atoms with Crippen molar-refractivity contribution in [2.24, 2.45) is 0 Å². The van der Waals surface area contributed by atoms with Gasteiger partial charge in [0.05, 0.1) is 6.54 Å². The van der Waals surface area contributed by atoms with Crippen molar-refractivity contribution in [2.75, 3.05) is 6.54 Å². The standard InChI is InChI=1S/C6H11NO2/c1-3-5-7(9)6(8)4-2/h3,9H,1,4-5H2,2H3. The quantitative estimate of drug-likeness (QED) is 0.348. The van der Waals surface area contributed by atoms with E-state index in [1.54, 1.807) is 6.92 Å². The molecule has 0 atom stereocenters. The summed E-state index contributed by atoms with van der Waals surface area (Å²) < 4.78 is 0. The maximum atomic E-state index is 10.5. The first-order valence-corrected chi connectivity index (χ1v) is 2.82. The van der Waals surface area contributed by atoms with Gasteiger partial charge < -0.3 is 0 Å². The molecular weight excluding hydrogens is 118 g/mol. The minimum absolute atomic E-state index is 0.201. The second kappa shape index (κ2) is 4.09. The fourth-order valence-corrected chi connectivity index (χ4v) is 0.407. The lowest BCUT2D eigenvalue weighted by atomic mass is 10.4. The van der Waals surface area contributed by atoms with Gasteiger partial charge in [0.25, 0.3) is 0 Å². The van der Waals surface area contributed by atoms with Crippen molar-refractivity contribution in [1.29, 1.82) is 0 Å². The highest BCUT2D eigenvalue weighted by atomic mass is 16.5. The van der Waals surface area contributed by atoms with Crippen LogP contribution in [0.5, 0.6) is 0 Å². The summed E-state index contributed by atoms with van der Waals surface area (Å²) in [5.74, 6) is -0.282. The third-order valence-electron chi connectivity index (χ3n) is 0.892. The molecule has 0 fully saturated rings. The molecule has 0 unspecified atom stereocenters. The monoisotopic (exact) mass is 129 g/mol. The summed E-state index contributed by atoms with van der Waals surface area (Å²) in [7, 11) is 0. The zero-order valence-electron chi connectivity index (χ0n) is 5.50. The summed E-state index contributed by atoms with van der Waals surface area (Å²) in [5.41, 5.74) is 0. The van der Waals surface area contributed by atoms with Gasteiger partial charge in [-0.2, -0.15) is 0 Å². The maximum absolute atomic E-state index is 10.5. The molecule has 0 radical (unpaired) electrons. The lowest BCUT2D eigenvalue weighted by molar-refractivity contribution is -0.162. The van der Waals surface area contributed by atoms with Crippen LogP contribution in [0.2, 0.25) is 0 Å². The van der Waals surface area contributed by atoms with E-state index in [-0.39, 0.29) is 12.5 Å². The molecule has 1 amide bonds. The smallest absolute Gasteiger partial charge is 0.245 e. The Hall–Kier alpha value is -0.830. The molecule has 3 heteroatoms. The molecule has 0 aliphatic heterocycles. The van der Waals surface area contributed by atoms with Crippen LogP contribution in [-0.2, 0) is 4.79 Å². The molecule has 52 valence electrons. The first-order valence-electron chi connectivity index (χ1n) is 2.82. The van der Waals surface area contributed by atoms with E-state index >= 15 is 0 Å². The molecule has 0 aliphatic rings. The Balaban J connectivity index is 3.58. The second-order valence-electron chi connectivity index (χ2n) is 1.62. The molecule has 0 heterocycles. The van der Waals surface area contributed by atoms with Crippen molar-refractivity contribution in [3.05, 3.63) is 12.7 Å². The van der Waals surface area contributed by atoms with Crippen molar-refractivity contribution in [1.82, 2.24) is 5.06 Å². The molecular formula is C6H11NO2. The van der Waals surface area contributed by atoms with Crippen LogP contribution in [0.4, 0.5) is 0 Å². The van der Waals surface area contributed by atoms with Crippen LogP contribution >= 0.6 is 0 Å².